The first-order valence-electron chi connectivity index (χ1n) is 3.83. The minimum atomic E-state index is -0.245. The van der Waals surface area contributed by atoms with E-state index >= 15 is 0 Å². The van der Waals surface area contributed by atoms with Crippen LogP contribution in [-0.4, -0.2) is 5.24 Å². The van der Waals surface area contributed by atoms with Crippen LogP contribution in [-0.2, 0) is 4.79 Å². The number of carbonyl (C=O) groups excluding carboxylic acids is 1. The Morgan fingerprint density at radius 1 is 1.55 bits per heavy atom. The molecule has 0 fully saturated rings. The summed E-state index contributed by atoms with van der Waals surface area (Å²) in [7, 11) is 0. The largest absolute Gasteiger partial charge is 0.281 e. The van der Waals surface area contributed by atoms with E-state index in [1.807, 2.05) is 0 Å². The minimum absolute atomic E-state index is 0.245. The van der Waals surface area contributed by atoms with Crippen LogP contribution in [0.15, 0.2) is 23.8 Å². The summed E-state index contributed by atoms with van der Waals surface area (Å²) in [6, 6.07) is 0. The summed E-state index contributed by atoms with van der Waals surface area (Å²) in [5.41, 5.74) is 1.24. The van der Waals surface area contributed by atoms with Crippen molar-refractivity contribution in [3.05, 3.63) is 23.8 Å². The molecule has 0 aromatic rings. The maximum absolute atomic E-state index is 10.4. The average molecular weight is 171 g/mol. The molecular formula is C9H11ClO. The second-order valence-corrected chi connectivity index (χ2v) is 3.04. The minimum Gasteiger partial charge on any atom is -0.281 e. The lowest BCUT2D eigenvalue weighted by molar-refractivity contribution is -0.111. The molecule has 0 spiro atoms. The lowest BCUT2D eigenvalue weighted by Gasteiger charge is -2.03. The summed E-state index contributed by atoms with van der Waals surface area (Å²) in [4.78, 5) is 10.4. The predicted molar refractivity (Wildman–Crippen MR) is 46.6 cm³/mol. The molecule has 0 atom stereocenters. The highest BCUT2D eigenvalue weighted by atomic mass is 35.5. The number of carbonyl (C=O) groups is 1. The van der Waals surface area contributed by atoms with E-state index in [9.17, 15) is 4.79 Å². The van der Waals surface area contributed by atoms with Gasteiger partial charge in [0.2, 0.25) is 5.24 Å². The van der Waals surface area contributed by atoms with Crippen LogP contribution in [0.3, 0.4) is 0 Å². The summed E-state index contributed by atoms with van der Waals surface area (Å²) in [6.45, 7) is 0. The highest BCUT2D eigenvalue weighted by molar-refractivity contribution is 6.63. The highest BCUT2D eigenvalue weighted by Gasteiger charge is 2.00. The molecule has 0 aromatic carbocycles. The fourth-order valence-corrected chi connectivity index (χ4v) is 1.19. The van der Waals surface area contributed by atoms with Gasteiger partial charge in [0.25, 0.3) is 0 Å². The van der Waals surface area contributed by atoms with Crippen LogP contribution < -0.4 is 0 Å². The van der Waals surface area contributed by atoms with Gasteiger partial charge in [0.15, 0.2) is 0 Å². The van der Waals surface area contributed by atoms with E-state index in [0.29, 0.717) is 6.42 Å². The van der Waals surface area contributed by atoms with Crippen LogP contribution >= 0.6 is 11.6 Å². The number of hydrogen-bond acceptors (Lipinski definition) is 1. The van der Waals surface area contributed by atoms with Crippen LogP contribution in [0, 0.1) is 0 Å². The van der Waals surface area contributed by atoms with Gasteiger partial charge in [0.05, 0.1) is 0 Å². The van der Waals surface area contributed by atoms with Gasteiger partial charge in [-0.3, -0.25) is 4.79 Å². The van der Waals surface area contributed by atoms with Crippen molar-refractivity contribution in [2.45, 2.75) is 25.7 Å². The van der Waals surface area contributed by atoms with Crippen LogP contribution in [0.25, 0.3) is 0 Å². The van der Waals surface area contributed by atoms with Gasteiger partial charge in [-0.05, 0) is 30.9 Å². The van der Waals surface area contributed by atoms with E-state index in [4.69, 9.17) is 11.6 Å². The number of halogens is 1. The fraction of sp³-hybridized carbons (Fsp3) is 0.444. The second-order valence-electron chi connectivity index (χ2n) is 2.61. The predicted octanol–water partition coefficient (Wildman–Crippen LogP) is 2.81. The standard InChI is InChI=1S/C9H11ClO/c10-9(11)7-6-8-4-2-1-3-5-8/h2,4-5H,1,3,6-7H2. The van der Waals surface area contributed by atoms with Crippen molar-refractivity contribution in [1.29, 1.82) is 0 Å². The Hall–Kier alpha value is -0.560. The molecule has 2 heteroatoms. The van der Waals surface area contributed by atoms with Gasteiger partial charge in [-0.1, -0.05) is 23.8 Å². The van der Waals surface area contributed by atoms with Crippen LogP contribution in [0.1, 0.15) is 25.7 Å². The average Bonchev–Trinajstić information content (AvgIpc) is 2.03. The van der Waals surface area contributed by atoms with Crippen molar-refractivity contribution in [3.63, 3.8) is 0 Å². The zero-order valence-electron chi connectivity index (χ0n) is 6.35. The van der Waals surface area contributed by atoms with Crippen molar-refractivity contribution in [2.75, 3.05) is 0 Å². The van der Waals surface area contributed by atoms with Crippen LogP contribution in [0.4, 0.5) is 0 Å². The molecular weight excluding hydrogens is 160 g/mol. The first-order chi connectivity index (χ1) is 5.29. The van der Waals surface area contributed by atoms with Crippen molar-refractivity contribution in [1.82, 2.24) is 0 Å². The van der Waals surface area contributed by atoms with Gasteiger partial charge in [0, 0.05) is 6.42 Å². The smallest absolute Gasteiger partial charge is 0.221 e. The second kappa shape index (κ2) is 4.35. The molecule has 60 valence electrons. The topological polar surface area (TPSA) is 17.1 Å². The van der Waals surface area contributed by atoms with Gasteiger partial charge < -0.3 is 0 Å². The Bertz CT molecular complexity index is 204. The quantitative estimate of drug-likeness (QED) is 0.596. The van der Waals surface area contributed by atoms with Crippen molar-refractivity contribution in [3.8, 4) is 0 Å². The van der Waals surface area contributed by atoms with E-state index < -0.39 is 0 Å². The lowest BCUT2D eigenvalue weighted by Crippen LogP contribution is -1.90. The molecule has 0 unspecified atom stereocenters. The van der Waals surface area contributed by atoms with Gasteiger partial charge in [-0.2, -0.15) is 0 Å². The van der Waals surface area contributed by atoms with E-state index in [1.54, 1.807) is 0 Å². The Morgan fingerprint density at radius 2 is 2.36 bits per heavy atom. The molecule has 11 heavy (non-hydrogen) atoms. The summed E-state index contributed by atoms with van der Waals surface area (Å²) in [6.07, 6.45) is 9.84. The Labute approximate surface area is 71.7 Å². The van der Waals surface area contributed by atoms with Gasteiger partial charge in [0.1, 0.15) is 0 Å². The summed E-state index contributed by atoms with van der Waals surface area (Å²) in [5.74, 6) is 0. The van der Waals surface area contributed by atoms with E-state index in [0.717, 1.165) is 19.3 Å². The molecule has 0 bridgehead atoms. The Balaban J connectivity index is 2.31. The third-order valence-electron chi connectivity index (χ3n) is 1.68. The maximum atomic E-state index is 10.4. The fourth-order valence-electron chi connectivity index (χ4n) is 1.10. The number of allylic oxidation sites excluding steroid dienone is 4. The molecule has 1 aliphatic carbocycles. The lowest BCUT2D eigenvalue weighted by atomic mass is 10.0. The molecule has 0 saturated carbocycles. The third-order valence-corrected chi connectivity index (χ3v) is 1.87. The van der Waals surface area contributed by atoms with E-state index in [2.05, 4.69) is 18.2 Å². The van der Waals surface area contributed by atoms with Crippen molar-refractivity contribution < 1.29 is 4.79 Å². The number of rotatable bonds is 3. The Morgan fingerprint density at radius 3 is 2.91 bits per heavy atom. The molecule has 1 rings (SSSR count). The summed E-state index contributed by atoms with van der Waals surface area (Å²) >= 11 is 5.21. The molecule has 1 aliphatic rings. The van der Waals surface area contributed by atoms with Crippen LogP contribution in [0.2, 0.25) is 0 Å². The first kappa shape index (κ1) is 8.54. The first-order valence-corrected chi connectivity index (χ1v) is 4.21. The molecule has 0 amide bonds. The Kier molecular flexibility index (Phi) is 3.37. The molecule has 0 aliphatic heterocycles. The van der Waals surface area contributed by atoms with Gasteiger partial charge >= 0.3 is 0 Å². The van der Waals surface area contributed by atoms with Crippen molar-refractivity contribution in [2.24, 2.45) is 0 Å². The molecule has 1 nitrogen and oxygen atoms in total. The van der Waals surface area contributed by atoms with Gasteiger partial charge in [-0.25, -0.2) is 0 Å². The molecule has 0 radical (unpaired) electrons. The monoisotopic (exact) mass is 170 g/mol. The van der Waals surface area contributed by atoms with E-state index in [-0.39, 0.29) is 5.24 Å². The number of hydrogen-bond donors (Lipinski definition) is 0. The molecule has 0 aromatic heterocycles. The summed E-state index contributed by atoms with van der Waals surface area (Å²) < 4.78 is 0. The van der Waals surface area contributed by atoms with Crippen molar-refractivity contribution >= 4 is 16.8 Å². The van der Waals surface area contributed by atoms with Gasteiger partial charge in [-0.15, -0.1) is 0 Å². The normalized spacial score (nSPS) is 16.3. The molecule has 0 saturated heterocycles. The van der Waals surface area contributed by atoms with E-state index in [1.165, 1.54) is 5.57 Å². The third kappa shape index (κ3) is 3.38. The SMILES string of the molecule is O=C(Cl)CCC1=CCCC=C1. The maximum Gasteiger partial charge on any atom is 0.221 e. The molecule has 0 N–H and O–H groups in total. The molecule has 0 heterocycles. The zero-order chi connectivity index (χ0) is 8.10. The highest BCUT2D eigenvalue weighted by Crippen LogP contribution is 2.15. The zero-order valence-corrected chi connectivity index (χ0v) is 7.10. The van der Waals surface area contributed by atoms with Crippen LogP contribution in [0.5, 0.6) is 0 Å². The summed E-state index contributed by atoms with van der Waals surface area (Å²) in [5, 5.41) is -0.245.